The Kier molecular flexibility index (Phi) is 5.18. The van der Waals surface area contributed by atoms with Crippen molar-refractivity contribution in [2.45, 2.75) is 16.8 Å². The minimum atomic E-state index is -3.71. The molecule has 1 amide bonds. The summed E-state index contributed by atoms with van der Waals surface area (Å²) in [6.07, 6.45) is 0. The van der Waals surface area contributed by atoms with Crippen molar-refractivity contribution in [2.75, 3.05) is 0 Å². The number of carbonyl (C=O) groups excluding carboxylic acids is 1. The van der Waals surface area contributed by atoms with Gasteiger partial charge in [-0.25, -0.2) is 13.6 Å². The maximum absolute atomic E-state index is 12.0. The molecule has 0 heterocycles. The molecule has 0 aliphatic carbocycles. The Bertz CT molecular complexity index is 746. The first-order valence-corrected chi connectivity index (χ1v) is 8.44. The number of hydrogen-bond acceptors (Lipinski definition) is 3. The lowest BCUT2D eigenvalue weighted by molar-refractivity contribution is -0.121. The SMILES string of the molecule is NS(=O)(=O)c1ccc(CNC(=O)[C@@H](Cl)c2ccccc2)cc1. The van der Waals surface area contributed by atoms with Crippen LogP contribution >= 0.6 is 11.6 Å². The predicted molar refractivity (Wildman–Crippen MR) is 84.7 cm³/mol. The lowest BCUT2D eigenvalue weighted by Crippen LogP contribution is -2.26. The minimum absolute atomic E-state index is 0.0297. The fraction of sp³-hybridized carbons (Fsp3) is 0.133. The molecule has 2 aromatic rings. The third kappa shape index (κ3) is 4.30. The molecule has 0 radical (unpaired) electrons. The van der Waals surface area contributed by atoms with E-state index in [0.29, 0.717) is 5.56 Å². The first-order chi connectivity index (χ1) is 10.4. The number of nitrogens with one attached hydrogen (secondary N) is 1. The van der Waals surface area contributed by atoms with Gasteiger partial charge in [0.1, 0.15) is 5.38 Å². The van der Waals surface area contributed by atoms with Crippen LogP contribution in [0, 0.1) is 0 Å². The van der Waals surface area contributed by atoms with Crippen LogP contribution in [0.1, 0.15) is 16.5 Å². The average Bonchev–Trinajstić information content (AvgIpc) is 2.52. The summed E-state index contributed by atoms with van der Waals surface area (Å²) >= 11 is 6.10. The Morgan fingerprint density at radius 3 is 2.23 bits per heavy atom. The van der Waals surface area contributed by atoms with Gasteiger partial charge in [-0.05, 0) is 23.3 Å². The van der Waals surface area contributed by atoms with E-state index in [-0.39, 0.29) is 17.3 Å². The highest BCUT2D eigenvalue weighted by molar-refractivity contribution is 7.89. The molecule has 3 N–H and O–H groups in total. The van der Waals surface area contributed by atoms with Crippen LogP contribution in [0.25, 0.3) is 0 Å². The van der Waals surface area contributed by atoms with Crippen molar-refractivity contribution < 1.29 is 13.2 Å². The zero-order valence-electron chi connectivity index (χ0n) is 11.6. The van der Waals surface area contributed by atoms with Gasteiger partial charge in [0.25, 0.3) is 0 Å². The summed E-state index contributed by atoms with van der Waals surface area (Å²) in [5.41, 5.74) is 1.46. The maximum atomic E-state index is 12.0. The summed E-state index contributed by atoms with van der Waals surface area (Å²) in [7, 11) is -3.71. The van der Waals surface area contributed by atoms with Gasteiger partial charge in [-0.1, -0.05) is 42.5 Å². The molecule has 1 atom stereocenters. The minimum Gasteiger partial charge on any atom is -0.350 e. The Hall–Kier alpha value is -1.89. The van der Waals surface area contributed by atoms with Gasteiger partial charge in [-0.15, -0.1) is 11.6 Å². The molecule has 0 aliphatic heterocycles. The van der Waals surface area contributed by atoms with Gasteiger partial charge in [0.15, 0.2) is 0 Å². The number of alkyl halides is 1. The van der Waals surface area contributed by atoms with E-state index >= 15 is 0 Å². The Morgan fingerprint density at radius 2 is 1.68 bits per heavy atom. The standard InChI is InChI=1S/C15H15ClN2O3S/c16-14(12-4-2-1-3-5-12)15(19)18-10-11-6-8-13(9-7-11)22(17,20)21/h1-9,14H,10H2,(H,18,19)(H2,17,20,21)/t14-/m0/s1. The van der Waals surface area contributed by atoms with E-state index in [0.717, 1.165) is 5.56 Å². The van der Waals surface area contributed by atoms with Gasteiger partial charge in [0.2, 0.25) is 15.9 Å². The first kappa shape index (κ1) is 16.5. The van der Waals surface area contributed by atoms with E-state index < -0.39 is 15.4 Å². The number of hydrogen-bond donors (Lipinski definition) is 2. The van der Waals surface area contributed by atoms with Crippen LogP contribution in [0.3, 0.4) is 0 Å². The van der Waals surface area contributed by atoms with Crippen LogP contribution in [0.4, 0.5) is 0 Å². The molecule has 0 aromatic heterocycles. The van der Waals surface area contributed by atoms with E-state index in [1.165, 1.54) is 12.1 Å². The Morgan fingerprint density at radius 1 is 1.09 bits per heavy atom. The zero-order valence-corrected chi connectivity index (χ0v) is 13.1. The quantitative estimate of drug-likeness (QED) is 0.816. The van der Waals surface area contributed by atoms with Crippen LogP contribution < -0.4 is 10.5 Å². The molecule has 0 saturated heterocycles. The highest BCUT2D eigenvalue weighted by Gasteiger charge is 2.16. The fourth-order valence-electron chi connectivity index (χ4n) is 1.85. The molecule has 0 spiro atoms. The van der Waals surface area contributed by atoms with Gasteiger partial charge in [-0.3, -0.25) is 4.79 Å². The largest absolute Gasteiger partial charge is 0.350 e. The number of halogens is 1. The van der Waals surface area contributed by atoms with Crippen molar-refractivity contribution >= 4 is 27.5 Å². The van der Waals surface area contributed by atoms with E-state index in [1.54, 1.807) is 24.3 Å². The predicted octanol–water partition coefficient (Wildman–Crippen LogP) is 1.93. The summed E-state index contributed by atoms with van der Waals surface area (Å²) in [6.45, 7) is 0.250. The topological polar surface area (TPSA) is 89.3 Å². The summed E-state index contributed by atoms with van der Waals surface area (Å²) in [6, 6.07) is 15.0. The van der Waals surface area contributed by atoms with Crippen LogP contribution in [0.5, 0.6) is 0 Å². The molecule has 116 valence electrons. The average molecular weight is 339 g/mol. The van der Waals surface area contributed by atoms with Crippen molar-refractivity contribution in [1.29, 1.82) is 0 Å². The van der Waals surface area contributed by atoms with Crippen LogP contribution in [-0.4, -0.2) is 14.3 Å². The number of amides is 1. The molecule has 5 nitrogen and oxygen atoms in total. The van der Waals surface area contributed by atoms with Gasteiger partial charge in [0, 0.05) is 6.54 Å². The summed E-state index contributed by atoms with van der Waals surface area (Å²) in [4.78, 5) is 12.0. The monoisotopic (exact) mass is 338 g/mol. The van der Waals surface area contributed by atoms with Crippen molar-refractivity contribution in [3.8, 4) is 0 Å². The smallest absolute Gasteiger partial charge is 0.242 e. The molecule has 0 fully saturated rings. The van der Waals surface area contributed by atoms with Crippen molar-refractivity contribution in [1.82, 2.24) is 5.32 Å². The van der Waals surface area contributed by atoms with Gasteiger partial charge >= 0.3 is 0 Å². The van der Waals surface area contributed by atoms with Crippen LogP contribution in [0.15, 0.2) is 59.5 Å². The maximum Gasteiger partial charge on any atom is 0.242 e. The number of sulfonamides is 1. The van der Waals surface area contributed by atoms with Gasteiger partial charge in [-0.2, -0.15) is 0 Å². The second-order valence-electron chi connectivity index (χ2n) is 4.68. The van der Waals surface area contributed by atoms with E-state index in [2.05, 4.69) is 5.32 Å². The lowest BCUT2D eigenvalue weighted by atomic mass is 10.1. The lowest BCUT2D eigenvalue weighted by Gasteiger charge is -2.11. The van der Waals surface area contributed by atoms with E-state index in [4.69, 9.17) is 16.7 Å². The molecule has 0 unspecified atom stereocenters. The number of nitrogens with two attached hydrogens (primary N) is 1. The van der Waals surface area contributed by atoms with Gasteiger partial charge < -0.3 is 5.32 Å². The third-order valence-electron chi connectivity index (χ3n) is 3.04. The van der Waals surface area contributed by atoms with Gasteiger partial charge in [0.05, 0.1) is 4.90 Å². The zero-order chi connectivity index (χ0) is 16.2. The van der Waals surface area contributed by atoms with Crippen LogP contribution in [-0.2, 0) is 21.4 Å². The molecule has 2 aromatic carbocycles. The summed E-state index contributed by atoms with van der Waals surface area (Å²) in [5.74, 6) is -0.316. The molecule has 0 saturated carbocycles. The van der Waals surface area contributed by atoms with Crippen molar-refractivity contribution in [2.24, 2.45) is 5.14 Å². The first-order valence-electron chi connectivity index (χ1n) is 6.46. The van der Waals surface area contributed by atoms with Crippen LogP contribution in [0.2, 0.25) is 0 Å². The third-order valence-corrected chi connectivity index (χ3v) is 4.42. The molecule has 7 heteroatoms. The molecular formula is C15H15ClN2O3S. The molecule has 0 aliphatic rings. The number of primary sulfonamides is 1. The van der Waals surface area contributed by atoms with Crippen molar-refractivity contribution in [3.63, 3.8) is 0 Å². The Labute approximate surface area is 134 Å². The second-order valence-corrected chi connectivity index (χ2v) is 6.68. The van der Waals surface area contributed by atoms with Crippen molar-refractivity contribution in [3.05, 3.63) is 65.7 Å². The number of rotatable bonds is 5. The second kappa shape index (κ2) is 6.91. The molecule has 0 bridgehead atoms. The highest BCUT2D eigenvalue weighted by atomic mass is 35.5. The highest BCUT2D eigenvalue weighted by Crippen LogP contribution is 2.20. The summed E-state index contributed by atoms with van der Waals surface area (Å²) < 4.78 is 22.3. The molecule has 22 heavy (non-hydrogen) atoms. The molecule has 2 rings (SSSR count). The number of benzene rings is 2. The Balaban J connectivity index is 1.97. The number of carbonyl (C=O) groups is 1. The van der Waals surface area contributed by atoms with E-state index in [1.807, 2.05) is 18.2 Å². The summed E-state index contributed by atoms with van der Waals surface area (Å²) in [5, 5.41) is 6.95. The molecular weight excluding hydrogens is 324 g/mol. The normalized spacial score (nSPS) is 12.6. The fourth-order valence-corrected chi connectivity index (χ4v) is 2.59. The van der Waals surface area contributed by atoms with E-state index in [9.17, 15) is 13.2 Å².